The number of para-hydroxylation sites is 2. The summed E-state index contributed by atoms with van der Waals surface area (Å²) in [6.07, 6.45) is 1.28. The molecule has 38 heavy (non-hydrogen) atoms. The van der Waals surface area contributed by atoms with Gasteiger partial charge < -0.3 is 15.0 Å². The van der Waals surface area contributed by atoms with Gasteiger partial charge in [0.2, 0.25) is 21.8 Å². The van der Waals surface area contributed by atoms with Crippen LogP contribution in [0, 0.1) is 0 Å². The van der Waals surface area contributed by atoms with Crippen LogP contribution in [-0.4, -0.2) is 57.6 Å². The van der Waals surface area contributed by atoms with Gasteiger partial charge in [0.1, 0.15) is 18.3 Å². The molecule has 3 aromatic carbocycles. The summed E-state index contributed by atoms with van der Waals surface area (Å²) >= 11 is 6.05. The molecule has 0 saturated carbocycles. The minimum Gasteiger partial charge on any atom is -0.492 e. The van der Waals surface area contributed by atoms with E-state index in [4.69, 9.17) is 16.3 Å². The first kappa shape index (κ1) is 29.0. The smallest absolute Gasteiger partial charge is 0.244 e. The molecule has 0 fully saturated rings. The number of rotatable bonds is 12. The van der Waals surface area contributed by atoms with Crippen molar-refractivity contribution in [1.82, 2.24) is 10.2 Å². The molecule has 0 radical (unpaired) electrons. The first-order chi connectivity index (χ1) is 18.1. The van der Waals surface area contributed by atoms with Crippen molar-refractivity contribution in [2.75, 3.05) is 30.8 Å². The van der Waals surface area contributed by atoms with Gasteiger partial charge in [-0.1, -0.05) is 66.2 Å². The number of sulfonamides is 1. The van der Waals surface area contributed by atoms with E-state index in [1.165, 1.54) is 11.9 Å². The highest BCUT2D eigenvalue weighted by Gasteiger charge is 2.33. The molecule has 0 unspecified atom stereocenters. The Morgan fingerprint density at radius 3 is 2.18 bits per heavy atom. The Balaban J connectivity index is 2.04. The lowest BCUT2D eigenvalue weighted by Crippen LogP contribution is -2.52. The van der Waals surface area contributed by atoms with Gasteiger partial charge in [-0.3, -0.25) is 13.9 Å². The number of hydrogen-bond donors (Lipinski definition) is 1. The van der Waals surface area contributed by atoms with Gasteiger partial charge in [-0.05, 0) is 42.3 Å². The first-order valence-corrected chi connectivity index (χ1v) is 14.4. The van der Waals surface area contributed by atoms with E-state index >= 15 is 0 Å². The molecular formula is C28H32ClN3O5S. The average molecular weight is 558 g/mol. The minimum atomic E-state index is -3.89. The van der Waals surface area contributed by atoms with Crippen molar-refractivity contribution in [2.24, 2.45) is 0 Å². The van der Waals surface area contributed by atoms with Gasteiger partial charge in [0.25, 0.3) is 0 Å². The highest BCUT2D eigenvalue weighted by Crippen LogP contribution is 2.30. The van der Waals surface area contributed by atoms with Crippen LogP contribution in [0.1, 0.15) is 18.1 Å². The molecule has 0 aliphatic rings. The lowest BCUT2D eigenvalue weighted by molar-refractivity contribution is -0.139. The highest BCUT2D eigenvalue weighted by molar-refractivity contribution is 7.92. The SMILES string of the molecule is CCOc1ccccc1N(CC(=O)N(Cc1ccc(Cl)cc1)[C@@H](Cc1ccccc1)C(=O)NC)S(C)(=O)=O. The number of carbonyl (C=O) groups is 2. The molecular weight excluding hydrogens is 526 g/mol. The third-order valence-corrected chi connectivity index (χ3v) is 7.28. The molecule has 0 bridgehead atoms. The maximum Gasteiger partial charge on any atom is 0.244 e. The predicted octanol–water partition coefficient (Wildman–Crippen LogP) is 3.89. The fraction of sp³-hybridized carbons (Fsp3) is 0.286. The van der Waals surface area contributed by atoms with Gasteiger partial charge in [0, 0.05) is 25.0 Å². The Kier molecular flexibility index (Phi) is 10.2. The number of ether oxygens (including phenoxy) is 1. The summed E-state index contributed by atoms with van der Waals surface area (Å²) in [5.74, 6) is -0.567. The summed E-state index contributed by atoms with van der Waals surface area (Å²) in [5.41, 5.74) is 1.85. The number of halogens is 1. The summed E-state index contributed by atoms with van der Waals surface area (Å²) < 4.78 is 32.4. The van der Waals surface area contributed by atoms with Crippen LogP contribution >= 0.6 is 11.6 Å². The van der Waals surface area contributed by atoms with E-state index in [0.717, 1.165) is 21.7 Å². The lowest BCUT2D eigenvalue weighted by Gasteiger charge is -2.33. The molecule has 1 atom stereocenters. The molecule has 2 amide bonds. The van der Waals surface area contributed by atoms with E-state index < -0.39 is 28.5 Å². The molecule has 3 rings (SSSR count). The molecule has 1 N–H and O–H groups in total. The standard InChI is InChI=1S/C28H32ClN3O5S/c1-4-37-26-13-9-8-12-24(26)32(38(3,35)36)20-27(33)31(19-22-14-16-23(29)17-15-22)25(28(34)30-2)18-21-10-6-5-7-11-21/h5-17,25H,4,18-20H2,1-3H3,(H,30,34)/t25-/m0/s1. The van der Waals surface area contributed by atoms with Crippen LogP contribution < -0.4 is 14.4 Å². The van der Waals surface area contributed by atoms with E-state index in [2.05, 4.69) is 5.32 Å². The van der Waals surface area contributed by atoms with Gasteiger partial charge in [-0.2, -0.15) is 0 Å². The zero-order chi connectivity index (χ0) is 27.7. The normalized spacial score (nSPS) is 11.9. The summed E-state index contributed by atoms with van der Waals surface area (Å²) in [5, 5.41) is 3.19. The van der Waals surface area contributed by atoms with Crippen molar-refractivity contribution in [2.45, 2.75) is 25.9 Å². The monoisotopic (exact) mass is 557 g/mol. The van der Waals surface area contributed by atoms with Crippen LogP contribution in [0.25, 0.3) is 0 Å². The van der Waals surface area contributed by atoms with E-state index in [1.54, 1.807) is 55.5 Å². The van der Waals surface area contributed by atoms with Crippen molar-refractivity contribution >= 4 is 39.1 Å². The second-order valence-corrected chi connectivity index (χ2v) is 11.0. The summed E-state index contributed by atoms with van der Waals surface area (Å²) in [6, 6.07) is 22.0. The Labute approximate surface area is 229 Å². The Morgan fingerprint density at radius 1 is 0.947 bits per heavy atom. The predicted molar refractivity (Wildman–Crippen MR) is 150 cm³/mol. The van der Waals surface area contributed by atoms with Crippen molar-refractivity contribution in [3.8, 4) is 5.75 Å². The number of anilines is 1. The fourth-order valence-corrected chi connectivity index (χ4v) is 5.02. The van der Waals surface area contributed by atoms with Crippen LogP contribution in [0.15, 0.2) is 78.9 Å². The number of likely N-dealkylation sites (N-methyl/N-ethyl adjacent to an activating group) is 1. The fourth-order valence-electron chi connectivity index (χ4n) is 4.04. The average Bonchev–Trinajstić information content (AvgIpc) is 2.90. The van der Waals surface area contributed by atoms with Crippen LogP contribution in [0.3, 0.4) is 0 Å². The third kappa shape index (κ3) is 7.72. The molecule has 0 saturated heterocycles. The number of nitrogens with zero attached hydrogens (tertiary/aromatic N) is 2. The van der Waals surface area contributed by atoms with Crippen molar-refractivity contribution in [3.05, 3.63) is 95.0 Å². The summed E-state index contributed by atoms with van der Waals surface area (Å²) in [7, 11) is -2.38. The number of benzene rings is 3. The molecule has 202 valence electrons. The van der Waals surface area contributed by atoms with Crippen molar-refractivity contribution < 1.29 is 22.7 Å². The molecule has 8 nitrogen and oxygen atoms in total. The van der Waals surface area contributed by atoms with E-state index in [-0.39, 0.29) is 24.6 Å². The molecule has 0 aliphatic heterocycles. The zero-order valence-electron chi connectivity index (χ0n) is 21.6. The Bertz CT molecular complexity index is 1330. The quantitative estimate of drug-likeness (QED) is 0.364. The molecule has 10 heteroatoms. The van der Waals surface area contributed by atoms with Gasteiger partial charge >= 0.3 is 0 Å². The number of amides is 2. The summed E-state index contributed by atoms with van der Waals surface area (Å²) in [4.78, 5) is 28.5. The first-order valence-electron chi connectivity index (χ1n) is 12.1. The lowest BCUT2D eigenvalue weighted by atomic mass is 10.0. The zero-order valence-corrected chi connectivity index (χ0v) is 23.2. The second-order valence-electron chi connectivity index (χ2n) is 8.64. The van der Waals surface area contributed by atoms with E-state index in [9.17, 15) is 18.0 Å². The van der Waals surface area contributed by atoms with Crippen LogP contribution in [-0.2, 0) is 32.6 Å². The van der Waals surface area contributed by atoms with Gasteiger partial charge in [0.15, 0.2) is 0 Å². The number of nitrogens with one attached hydrogen (secondary N) is 1. The second kappa shape index (κ2) is 13.3. The molecule has 0 aliphatic carbocycles. The highest BCUT2D eigenvalue weighted by atomic mass is 35.5. The van der Waals surface area contributed by atoms with Crippen molar-refractivity contribution in [1.29, 1.82) is 0 Å². The molecule has 0 spiro atoms. The maximum absolute atomic E-state index is 13.9. The van der Waals surface area contributed by atoms with Crippen LogP contribution in [0.5, 0.6) is 5.75 Å². The molecule has 0 aromatic heterocycles. The third-order valence-electron chi connectivity index (χ3n) is 5.90. The van der Waals surface area contributed by atoms with Gasteiger partial charge in [-0.15, -0.1) is 0 Å². The topological polar surface area (TPSA) is 96.0 Å². The largest absolute Gasteiger partial charge is 0.492 e. The van der Waals surface area contributed by atoms with Crippen LogP contribution in [0.4, 0.5) is 5.69 Å². The van der Waals surface area contributed by atoms with Gasteiger partial charge in [-0.25, -0.2) is 8.42 Å². The Hall–Kier alpha value is -3.56. The van der Waals surface area contributed by atoms with Crippen molar-refractivity contribution in [3.63, 3.8) is 0 Å². The Morgan fingerprint density at radius 2 is 1.58 bits per heavy atom. The van der Waals surface area contributed by atoms with Gasteiger partial charge in [0.05, 0.1) is 18.6 Å². The number of carbonyl (C=O) groups excluding carboxylic acids is 2. The minimum absolute atomic E-state index is 0.0750. The number of hydrogen-bond acceptors (Lipinski definition) is 5. The van der Waals surface area contributed by atoms with E-state index in [1.807, 2.05) is 30.3 Å². The van der Waals surface area contributed by atoms with E-state index in [0.29, 0.717) is 17.4 Å². The van der Waals surface area contributed by atoms with Crippen LogP contribution in [0.2, 0.25) is 5.02 Å². The maximum atomic E-state index is 13.9. The summed E-state index contributed by atoms with van der Waals surface area (Å²) in [6.45, 7) is 1.67. The molecule has 0 heterocycles. The molecule has 3 aromatic rings.